The predicted octanol–water partition coefficient (Wildman–Crippen LogP) is 5.07. The topological polar surface area (TPSA) is 84.0 Å². The van der Waals surface area contributed by atoms with Gasteiger partial charge < -0.3 is 4.74 Å². The van der Waals surface area contributed by atoms with E-state index in [9.17, 15) is 19.2 Å². The average molecular weight is 487 g/mol. The lowest BCUT2D eigenvalue weighted by Gasteiger charge is -2.30. The lowest BCUT2D eigenvalue weighted by molar-refractivity contribution is -0.121. The smallest absolute Gasteiger partial charge is 0.338 e. The maximum Gasteiger partial charge on any atom is 0.338 e. The first-order chi connectivity index (χ1) is 17.0. The number of ether oxygens (including phenoxy) is 1. The van der Waals surface area contributed by atoms with E-state index in [1.807, 2.05) is 55.5 Å². The number of fused-ring (bicyclic) bond motifs is 3. The summed E-state index contributed by atoms with van der Waals surface area (Å²) in [4.78, 5) is 55.8. The van der Waals surface area contributed by atoms with Crippen molar-refractivity contribution in [2.75, 3.05) is 18.1 Å². The second-order valence-electron chi connectivity index (χ2n) is 8.22. The molecule has 35 heavy (non-hydrogen) atoms. The summed E-state index contributed by atoms with van der Waals surface area (Å²) in [5.41, 5.74) is 2.03. The lowest BCUT2D eigenvalue weighted by Crippen LogP contribution is -2.32. The molecule has 0 bridgehead atoms. The van der Waals surface area contributed by atoms with Crippen LogP contribution in [0.15, 0.2) is 76.5 Å². The summed E-state index contributed by atoms with van der Waals surface area (Å²) in [7, 11) is 0. The number of unbranched alkanes of at least 4 members (excludes halogenated alkanes) is 1. The molecule has 0 radical (unpaired) electrons. The van der Waals surface area contributed by atoms with E-state index in [0.717, 1.165) is 27.6 Å². The van der Waals surface area contributed by atoms with Crippen molar-refractivity contribution >= 4 is 46.8 Å². The van der Waals surface area contributed by atoms with Gasteiger partial charge in [0.1, 0.15) is 0 Å². The van der Waals surface area contributed by atoms with Crippen LogP contribution in [0, 0.1) is 0 Å². The molecule has 2 aliphatic heterocycles. The minimum absolute atomic E-state index is 0.116. The Morgan fingerprint density at radius 3 is 2.14 bits per heavy atom. The molecule has 0 aliphatic carbocycles. The summed E-state index contributed by atoms with van der Waals surface area (Å²) in [5.74, 6) is -1.89. The molecule has 5 rings (SSSR count). The molecule has 0 aromatic heterocycles. The van der Waals surface area contributed by atoms with Gasteiger partial charge in [-0.15, -0.1) is 0 Å². The van der Waals surface area contributed by atoms with Crippen LogP contribution in [0.4, 0.5) is 11.4 Å². The van der Waals surface area contributed by atoms with Gasteiger partial charge >= 0.3 is 5.97 Å². The molecule has 2 heterocycles. The summed E-state index contributed by atoms with van der Waals surface area (Å²) in [6, 6.07) is 19.4. The Morgan fingerprint density at radius 2 is 1.49 bits per heavy atom. The third-order valence-electron chi connectivity index (χ3n) is 5.95. The van der Waals surface area contributed by atoms with E-state index in [0.29, 0.717) is 13.0 Å². The van der Waals surface area contributed by atoms with Crippen molar-refractivity contribution in [3.63, 3.8) is 0 Å². The van der Waals surface area contributed by atoms with Gasteiger partial charge in [-0.25, -0.2) is 4.79 Å². The molecule has 0 fully saturated rings. The number of hydrogen-bond donors (Lipinski definition) is 0. The number of rotatable bonds is 6. The fourth-order valence-corrected chi connectivity index (χ4v) is 5.24. The minimum Gasteiger partial charge on any atom is -0.452 e. The van der Waals surface area contributed by atoms with Gasteiger partial charge in [0.25, 0.3) is 17.7 Å². The fourth-order valence-electron chi connectivity index (χ4n) is 4.19. The van der Waals surface area contributed by atoms with E-state index in [2.05, 4.69) is 0 Å². The van der Waals surface area contributed by atoms with Gasteiger partial charge in [0.2, 0.25) is 0 Å². The zero-order valence-corrected chi connectivity index (χ0v) is 19.8. The summed E-state index contributed by atoms with van der Waals surface area (Å²) in [5, 5.41) is 0. The van der Waals surface area contributed by atoms with Gasteiger partial charge in [-0.1, -0.05) is 49.4 Å². The molecule has 2 aliphatic rings. The maximum atomic E-state index is 13.2. The molecule has 0 N–H and O–H groups in total. The highest BCUT2D eigenvalue weighted by Crippen LogP contribution is 2.47. The number of imide groups is 1. The van der Waals surface area contributed by atoms with Crippen molar-refractivity contribution in [2.24, 2.45) is 0 Å². The predicted molar refractivity (Wildman–Crippen MR) is 131 cm³/mol. The van der Waals surface area contributed by atoms with E-state index in [-0.39, 0.29) is 22.6 Å². The number of nitrogens with zero attached hydrogens (tertiary/aromatic N) is 2. The SMILES string of the molecule is CCCCN1C(=O)c2ccc(C(=O)OCC(=O)N3c4ccccc4Sc4ccccc43)cc2C1=O. The van der Waals surface area contributed by atoms with Crippen molar-refractivity contribution < 1.29 is 23.9 Å². The number of carbonyl (C=O) groups excluding carboxylic acids is 4. The molecular formula is C27H22N2O5S. The van der Waals surface area contributed by atoms with Crippen LogP contribution in [-0.4, -0.2) is 41.7 Å². The van der Waals surface area contributed by atoms with Crippen molar-refractivity contribution in [2.45, 2.75) is 29.6 Å². The molecule has 7 nitrogen and oxygen atoms in total. The Labute approximate surface area is 206 Å². The molecule has 3 aromatic carbocycles. The first kappa shape index (κ1) is 22.9. The first-order valence-corrected chi connectivity index (χ1v) is 12.2. The van der Waals surface area contributed by atoms with E-state index in [1.54, 1.807) is 16.7 Å². The molecule has 176 valence electrons. The zero-order chi connectivity index (χ0) is 24.5. The Bertz CT molecular complexity index is 1320. The molecule has 3 amide bonds. The van der Waals surface area contributed by atoms with Crippen LogP contribution >= 0.6 is 11.8 Å². The fraction of sp³-hybridized carbons (Fsp3) is 0.185. The molecule has 0 spiro atoms. The number of anilines is 2. The van der Waals surface area contributed by atoms with Crippen LogP contribution in [0.1, 0.15) is 50.8 Å². The Kier molecular flexibility index (Phi) is 6.13. The highest BCUT2D eigenvalue weighted by atomic mass is 32.2. The van der Waals surface area contributed by atoms with Crippen LogP contribution < -0.4 is 4.90 Å². The number of benzene rings is 3. The largest absolute Gasteiger partial charge is 0.452 e. The number of esters is 1. The Morgan fingerprint density at radius 1 is 0.857 bits per heavy atom. The van der Waals surface area contributed by atoms with Gasteiger partial charge in [0.15, 0.2) is 6.61 Å². The first-order valence-electron chi connectivity index (χ1n) is 11.4. The van der Waals surface area contributed by atoms with Gasteiger partial charge in [0.05, 0.1) is 28.1 Å². The number of amides is 3. The van der Waals surface area contributed by atoms with Crippen LogP contribution in [0.25, 0.3) is 0 Å². The monoisotopic (exact) mass is 486 g/mol. The zero-order valence-electron chi connectivity index (χ0n) is 19.0. The van der Waals surface area contributed by atoms with E-state index < -0.39 is 24.4 Å². The average Bonchev–Trinajstić information content (AvgIpc) is 3.12. The van der Waals surface area contributed by atoms with Gasteiger partial charge in [-0.2, -0.15) is 0 Å². The van der Waals surface area contributed by atoms with Crippen LogP contribution in [-0.2, 0) is 9.53 Å². The van der Waals surface area contributed by atoms with Crippen molar-refractivity contribution in [1.82, 2.24) is 4.90 Å². The normalized spacial score (nSPS) is 13.9. The van der Waals surface area contributed by atoms with Gasteiger partial charge in [-0.05, 0) is 48.9 Å². The Hall–Kier alpha value is -3.91. The maximum absolute atomic E-state index is 13.2. The van der Waals surface area contributed by atoms with E-state index in [1.165, 1.54) is 23.1 Å². The van der Waals surface area contributed by atoms with Crippen LogP contribution in [0.5, 0.6) is 0 Å². The second-order valence-corrected chi connectivity index (χ2v) is 9.30. The molecular weight excluding hydrogens is 464 g/mol. The van der Waals surface area contributed by atoms with E-state index >= 15 is 0 Å². The summed E-state index contributed by atoms with van der Waals surface area (Å²) in [6.45, 7) is 1.85. The molecule has 0 unspecified atom stereocenters. The highest BCUT2D eigenvalue weighted by Gasteiger charge is 2.36. The van der Waals surface area contributed by atoms with Crippen molar-refractivity contribution in [1.29, 1.82) is 0 Å². The van der Waals surface area contributed by atoms with Crippen molar-refractivity contribution in [3.8, 4) is 0 Å². The number of carbonyl (C=O) groups is 4. The minimum atomic E-state index is -0.735. The third-order valence-corrected chi connectivity index (χ3v) is 7.08. The number of para-hydroxylation sites is 2. The number of hydrogen-bond acceptors (Lipinski definition) is 6. The van der Waals surface area contributed by atoms with Gasteiger partial charge in [-0.3, -0.25) is 24.2 Å². The molecule has 8 heteroatoms. The van der Waals surface area contributed by atoms with Crippen LogP contribution in [0.3, 0.4) is 0 Å². The van der Waals surface area contributed by atoms with E-state index in [4.69, 9.17) is 4.74 Å². The quantitative estimate of drug-likeness (QED) is 0.357. The summed E-state index contributed by atoms with van der Waals surface area (Å²) < 4.78 is 5.34. The summed E-state index contributed by atoms with van der Waals surface area (Å²) >= 11 is 1.58. The second kappa shape index (κ2) is 9.38. The van der Waals surface area contributed by atoms with Crippen molar-refractivity contribution in [3.05, 3.63) is 83.4 Å². The standard InChI is InChI=1S/C27H22N2O5S/c1-2-3-14-28-25(31)18-13-12-17(15-19(18)26(28)32)27(33)34-16-24(30)29-20-8-4-6-10-22(20)35-23-11-7-5-9-21(23)29/h4-13,15H,2-3,14,16H2,1H3. The lowest BCUT2D eigenvalue weighted by atomic mass is 10.1. The molecule has 3 aromatic rings. The van der Waals surface area contributed by atoms with Crippen LogP contribution in [0.2, 0.25) is 0 Å². The third kappa shape index (κ3) is 4.10. The molecule has 0 saturated heterocycles. The Balaban J connectivity index is 1.33. The highest BCUT2D eigenvalue weighted by molar-refractivity contribution is 7.99. The summed E-state index contributed by atoms with van der Waals surface area (Å²) in [6.07, 6.45) is 1.56. The molecule has 0 atom stereocenters. The van der Waals surface area contributed by atoms with Gasteiger partial charge in [0, 0.05) is 16.3 Å². The molecule has 0 saturated carbocycles.